The number of fused-ring (bicyclic) bond motifs is 2. The SMILES string of the molecule is O=C(NCCC1=CCCCC1)c1ccc2c(c1)N(Cc1ccccc1)C(=O)c1ccccc1S2. The third-order valence-electron chi connectivity index (χ3n) is 6.39. The number of hydrogen-bond acceptors (Lipinski definition) is 3. The van der Waals surface area contributed by atoms with Gasteiger partial charge in [0.25, 0.3) is 11.8 Å². The zero-order valence-electron chi connectivity index (χ0n) is 19.1. The number of anilines is 1. The molecule has 1 aliphatic heterocycles. The molecule has 2 amide bonds. The molecule has 0 aromatic heterocycles. The summed E-state index contributed by atoms with van der Waals surface area (Å²) in [6.07, 6.45) is 8.03. The Kier molecular flexibility index (Phi) is 6.82. The lowest BCUT2D eigenvalue weighted by Gasteiger charge is -2.24. The summed E-state index contributed by atoms with van der Waals surface area (Å²) < 4.78 is 0. The standard InChI is InChI=1S/C29H28N2O2S/c32-28(30-18-17-21-9-3-1-4-10-21)23-15-16-27-25(19-23)31(20-22-11-5-2-6-12-22)29(33)24-13-7-8-14-26(24)34-27/h2,5-9,11-16,19H,1,3-4,10,17-18,20H2,(H,30,32). The Balaban J connectivity index is 1.42. The van der Waals surface area contributed by atoms with Crippen molar-refractivity contribution in [2.24, 2.45) is 0 Å². The average Bonchev–Trinajstić information content (AvgIpc) is 2.99. The maximum absolute atomic E-state index is 13.6. The van der Waals surface area contributed by atoms with Gasteiger partial charge in [-0.25, -0.2) is 0 Å². The van der Waals surface area contributed by atoms with Gasteiger partial charge in [-0.3, -0.25) is 9.59 Å². The predicted octanol–water partition coefficient (Wildman–Crippen LogP) is 6.62. The lowest BCUT2D eigenvalue weighted by molar-refractivity contribution is 0.0950. The van der Waals surface area contributed by atoms with Gasteiger partial charge in [0, 0.05) is 21.9 Å². The minimum absolute atomic E-state index is 0.0486. The maximum atomic E-state index is 13.6. The zero-order chi connectivity index (χ0) is 23.3. The van der Waals surface area contributed by atoms with Crippen LogP contribution in [0.15, 0.2) is 94.2 Å². The molecule has 1 aliphatic carbocycles. The van der Waals surface area contributed by atoms with Crippen molar-refractivity contribution in [3.05, 3.63) is 101 Å². The van der Waals surface area contributed by atoms with Crippen LogP contribution in [0.2, 0.25) is 0 Å². The highest BCUT2D eigenvalue weighted by atomic mass is 32.2. The fourth-order valence-electron chi connectivity index (χ4n) is 4.55. The molecule has 34 heavy (non-hydrogen) atoms. The van der Waals surface area contributed by atoms with Gasteiger partial charge in [-0.15, -0.1) is 0 Å². The Hall–Kier alpha value is -3.31. The molecule has 1 N–H and O–H groups in total. The van der Waals surface area contributed by atoms with E-state index in [9.17, 15) is 9.59 Å². The number of amides is 2. The smallest absolute Gasteiger partial charge is 0.259 e. The van der Waals surface area contributed by atoms with Crippen molar-refractivity contribution in [2.45, 2.75) is 48.4 Å². The molecule has 2 aliphatic rings. The summed E-state index contributed by atoms with van der Waals surface area (Å²) in [6, 6.07) is 23.4. The molecule has 3 aromatic carbocycles. The number of carbonyl (C=O) groups excluding carboxylic acids is 2. The molecule has 0 saturated carbocycles. The van der Waals surface area contributed by atoms with Crippen molar-refractivity contribution >= 4 is 29.3 Å². The fraction of sp³-hybridized carbons (Fsp3) is 0.241. The lowest BCUT2D eigenvalue weighted by Crippen LogP contribution is -2.31. The lowest BCUT2D eigenvalue weighted by atomic mass is 9.97. The molecule has 4 nitrogen and oxygen atoms in total. The second-order valence-electron chi connectivity index (χ2n) is 8.77. The Morgan fingerprint density at radius 3 is 2.59 bits per heavy atom. The predicted molar refractivity (Wildman–Crippen MR) is 137 cm³/mol. The highest BCUT2D eigenvalue weighted by molar-refractivity contribution is 7.99. The topological polar surface area (TPSA) is 49.4 Å². The highest BCUT2D eigenvalue weighted by Crippen LogP contribution is 2.42. The molecule has 1 heterocycles. The summed E-state index contributed by atoms with van der Waals surface area (Å²) in [5.41, 5.74) is 4.53. The molecule has 5 heteroatoms. The second-order valence-corrected chi connectivity index (χ2v) is 9.86. The van der Waals surface area contributed by atoms with Gasteiger partial charge in [-0.05, 0) is 68.0 Å². The summed E-state index contributed by atoms with van der Waals surface area (Å²) >= 11 is 1.58. The molecule has 0 spiro atoms. The van der Waals surface area contributed by atoms with E-state index in [4.69, 9.17) is 0 Å². The van der Waals surface area contributed by atoms with Gasteiger partial charge in [0.15, 0.2) is 0 Å². The van der Waals surface area contributed by atoms with Crippen molar-refractivity contribution in [3.8, 4) is 0 Å². The van der Waals surface area contributed by atoms with Gasteiger partial charge in [0.05, 0.1) is 17.8 Å². The van der Waals surface area contributed by atoms with Gasteiger partial charge >= 0.3 is 0 Å². The number of hydrogen-bond donors (Lipinski definition) is 1. The van der Waals surface area contributed by atoms with E-state index in [0.717, 1.165) is 40.3 Å². The molecular formula is C29H28N2O2S. The zero-order valence-corrected chi connectivity index (χ0v) is 19.9. The van der Waals surface area contributed by atoms with Crippen LogP contribution < -0.4 is 10.2 Å². The Morgan fingerprint density at radius 1 is 0.941 bits per heavy atom. The molecule has 0 fully saturated rings. The van der Waals surface area contributed by atoms with Crippen molar-refractivity contribution < 1.29 is 9.59 Å². The van der Waals surface area contributed by atoms with Crippen LogP contribution in [0.5, 0.6) is 0 Å². The monoisotopic (exact) mass is 468 g/mol. The van der Waals surface area contributed by atoms with Crippen LogP contribution in [0, 0.1) is 0 Å². The van der Waals surface area contributed by atoms with E-state index in [1.165, 1.54) is 18.4 Å². The number of carbonyl (C=O) groups is 2. The van der Waals surface area contributed by atoms with E-state index in [1.807, 2.05) is 72.8 Å². The summed E-state index contributed by atoms with van der Waals surface area (Å²) in [6.45, 7) is 1.08. The quantitative estimate of drug-likeness (QED) is 0.414. The van der Waals surface area contributed by atoms with Gasteiger partial charge in [-0.2, -0.15) is 0 Å². The largest absolute Gasteiger partial charge is 0.352 e. The van der Waals surface area contributed by atoms with Gasteiger partial charge < -0.3 is 10.2 Å². The first-order valence-electron chi connectivity index (χ1n) is 11.9. The summed E-state index contributed by atoms with van der Waals surface area (Å²) in [5, 5.41) is 3.07. The third-order valence-corrected chi connectivity index (χ3v) is 7.54. The van der Waals surface area contributed by atoms with Crippen molar-refractivity contribution in [3.63, 3.8) is 0 Å². The van der Waals surface area contributed by atoms with E-state index in [-0.39, 0.29) is 11.8 Å². The molecular weight excluding hydrogens is 440 g/mol. The first-order chi connectivity index (χ1) is 16.7. The van der Waals surface area contributed by atoms with Gasteiger partial charge in [-0.1, -0.05) is 65.9 Å². The van der Waals surface area contributed by atoms with Crippen molar-refractivity contribution in [2.75, 3.05) is 11.4 Å². The van der Waals surface area contributed by atoms with Crippen molar-refractivity contribution in [1.82, 2.24) is 5.32 Å². The maximum Gasteiger partial charge on any atom is 0.259 e. The van der Waals surface area contributed by atoms with E-state index >= 15 is 0 Å². The highest BCUT2D eigenvalue weighted by Gasteiger charge is 2.28. The van der Waals surface area contributed by atoms with E-state index in [0.29, 0.717) is 24.2 Å². The number of nitrogens with zero attached hydrogens (tertiary/aromatic N) is 1. The number of benzene rings is 3. The Morgan fingerprint density at radius 2 is 1.76 bits per heavy atom. The fourth-order valence-corrected chi connectivity index (χ4v) is 5.61. The van der Waals surface area contributed by atoms with Gasteiger partial charge in [0.1, 0.15) is 0 Å². The van der Waals surface area contributed by atoms with Gasteiger partial charge in [0.2, 0.25) is 0 Å². The molecule has 0 atom stereocenters. The number of nitrogens with one attached hydrogen (secondary N) is 1. The first kappa shape index (κ1) is 22.5. The molecule has 0 saturated heterocycles. The minimum Gasteiger partial charge on any atom is -0.352 e. The molecule has 172 valence electrons. The summed E-state index contributed by atoms with van der Waals surface area (Å²) in [5.74, 6) is -0.148. The average molecular weight is 469 g/mol. The van der Waals surface area contributed by atoms with Crippen LogP contribution >= 0.6 is 11.8 Å². The van der Waals surface area contributed by atoms with Crippen LogP contribution in [0.3, 0.4) is 0 Å². The molecule has 0 radical (unpaired) electrons. The van der Waals surface area contributed by atoms with Crippen LogP contribution in [0.1, 0.15) is 58.4 Å². The second kappa shape index (κ2) is 10.3. The third kappa shape index (κ3) is 4.95. The van der Waals surface area contributed by atoms with E-state index in [2.05, 4.69) is 11.4 Å². The van der Waals surface area contributed by atoms with Crippen LogP contribution in [0.25, 0.3) is 0 Å². The normalized spacial score (nSPS) is 15.1. The van der Waals surface area contributed by atoms with Crippen LogP contribution in [0.4, 0.5) is 5.69 Å². The summed E-state index contributed by atoms with van der Waals surface area (Å²) in [7, 11) is 0. The van der Waals surface area contributed by atoms with Crippen LogP contribution in [-0.4, -0.2) is 18.4 Å². The number of allylic oxidation sites excluding steroid dienone is 1. The molecule has 0 bridgehead atoms. The van der Waals surface area contributed by atoms with Crippen molar-refractivity contribution in [1.29, 1.82) is 0 Å². The summed E-state index contributed by atoms with van der Waals surface area (Å²) in [4.78, 5) is 30.3. The Bertz CT molecular complexity index is 1240. The van der Waals surface area contributed by atoms with E-state index < -0.39 is 0 Å². The number of rotatable bonds is 6. The minimum atomic E-state index is -0.0990. The Labute approximate surface area is 205 Å². The molecule has 0 unspecified atom stereocenters. The van der Waals surface area contributed by atoms with E-state index in [1.54, 1.807) is 16.7 Å². The first-order valence-corrected chi connectivity index (χ1v) is 12.7. The molecule has 5 rings (SSSR count). The molecule has 3 aromatic rings. The van der Waals surface area contributed by atoms with Crippen LogP contribution in [-0.2, 0) is 6.54 Å².